The quantitative estimate of drug-likeness (QED) is 0.650. The molecule has 0 amide bonds. The fourth-order valence-electron chi connectivity index (χ4n) is 1.64. The van der Waals surface area contributed by atoms with Gasteiger partial charge in [-0.3, -0.25) is 0 Å². The summed E-state index contributed by atoms with van der Waals surface area (Å²) in [7, 11) is 4.98. The van der Waals surface area contributed by atoms with Gasteiger partial charge in [-0.15, -0.1) is 0 Å². The Bertz CT molecular complexity index is 524. The van der Waals surface area contributed by atoms with Gasteiger partial charge >= 0.3 is 0 Å². The van der Waals surface area contributed by atoms with Crippen molar-refractivity contribution in [3.63, 3.8) is 0 Å². The molecule has 0 saturated carbocycles. The summed E-state index contributed by atoms with van der Waals surface area (Å²) in [6.07, 6.45) is 1.91. The number of methoxy groups -OCH3 is 2. The van der Waals surface area contributed by atoms with Gasteiger partial charge in [-0.25, -0.2) is 4.98 Å². The molecular formula is C14H17N3O3S. The molecule has 0 radical (unpaired) electrons. The van der Waals surface area contributed by atoms with Gasteiger partial charge in [-0.1, -0.05) is 11.8 Å². The first kappa shape index (κ1) is 15.2. The fraction of sp³-hybridized carbons (Fsp3) is 0.286. The first-order valence-electron chi connectivity index (χ1n) is 6.20. The summed E-state index contributed by atoms with van der Waals surface area (Å²) in [6.45, 7) is 0. The highest BCUT2D eigenvalue weighted by atomic mass is 32.2. The normalized spacial score (nSPS) is 10.1. The van der Waals surface area contributed by atoms with Gasteiger partial charge in [0.1, 0.15) is 23.1 Å². The van der Waals surface area contributed by atoms with Crippen LogP contribution in [0.5, 0.6) is 23.1 Å². The Labute approximate surface area is 127 Å². The lowest BCUT2D eigenvalue weighted by Gasteiger charge is -2.10. The molecule has 21 heavy (non-hydrogen) atoms. The number of hydrogen-bond acceptors (Lipinski definition) is 7. The second-order valence-electron chi connectivity index (χ2n) is 3.98. The average molecular weight is 307 g/mol. The van der Waals surface area contributed by atoms with Crippen molar-refractivity contribution in [1.82, 2.24) is 9.97 Å². The summed E-state index contributed by atoms with van der Waals surface area (Å²) < 4.78 is 16.2. The van der Waals surface area contributed by atoms with Crippen molar-refractivity contribution in [2.75, 3.05) is 32.8 Å². The minimum Gasteiger partial charge on any atom is -0.496 e. The minimum atomic E-state index is 0.453. The van der Waals surface area contributed by atoms with Crippen molar-refractivity contribution >= 4 is 17.6 Å². The summed E-state index contributed by atoms with van der Waals surface area (Å²) in [5.41, 5.74) is 0. The molecule has 112 valence electrons. The molecule has 0 saturated heterocycles. The molecule has 0 atom stereocenters. The van der Waals surface area contributed by atoms with Gasteiger partial charge in [0.15, 0.2) is 5.16 Å². The maximum Gasteiger partial charge on any atom is 0.225 e. The molecule has 1 heterocycles. The van der Waals surface area contributed by atoms with Crippen molar-refractivity contribution < 1.29 is 14.2 Å². The maximum absolute atomic E-state index is 5.78. The van der Waals surface area contributed by atoms with Gasteiger partial charge in [-0.2, -0.15) is 4.98 Å². The van der Waals surface area contributed by atoms with Crippen molar-refractivity contribution in [3.05, 3.63) is 24.3 Å². The Kier molecular flexibility index (Phi) is 5.10. The third-order valence-electron chi connectivity index (χ3n) is 2.67. The van der Waals surface area contributed by atoms with Crippen LogP contribution in [-0.4, -0.2) is 37.5 Å². The van der Waals surface area contributed by atoms with E-state index in [0.717, 1.165) is 0 Å². The first-order chi connectivity index (χ1) is 10.2. The lowest BCUT2D eigenvalue weighted by atomic mass is 10.3. The zero-order valence-corrected chi connectivity index (χ0v) is 13.2. The smallest absolute Gasteiger partial charge is 0.225 e. The van der Waals surface area contributed by atoms with Crippen molar-refractivity contribution in [1.29, 1.82) is 0 Å². The second kappa shape index (κ2) is 7.03. The van der Waals surface area contributed by atoms with Crippen LogP contribution in [0.25, 0.3) is 0 Å². The number of nitrogens with zero attached hydrogens (tertiary/aromatic N) is 2. The lowest BCUT2D eigenvalue weighted by Crippen LogP contribution is -1.98. The predicted molar refractivity (Wildman–Crippen MR) is 83.0 cm³/mol. The molecule has 0 spiro atoms. The van der Waals surface area contributed by atoms with Crippen LogP contribution in [0.1, 0.15) is 0 Å². The topological polar surface area (TPSA) is 65.5 Å². The van der Waals surface area contributed by atoms with Crippen molar-refractivity contribution in [2.45, 2.75) is 5.16 Å². The monoisotopic (exact) mass is 307 g/mol. The van der Waals surface area contributed by atoms with Crippen LogP contribution >= 0.6 is 11.8 Å². The average Bonchev–Trinajstić information content (AvgIpc) is 2.53. The van der Waals surface area contributed by atoms with E-state index >= 15 is 0 Å². The van der Waals surface area contributed by atoms with Crippen LogP contribution in [0.15, 0.2) is 29.4 Å². The summed E-state index contributed by atoms with van der Waals surface area (Å²) in [6, 6.07) is 7.04. The summed E-state index contributed by atoms with van der Waals surface area (Å²) in [5, 5.41) is 3.61. The van der Waals surface area contributed by atoms with Crippen LogP contribution in [-0.2, 0) is 0 Å². The molecule has 1 N–H and O–H groups in total. The Hall–Kier alpha value is -2.15. The van der Waals surface area contributed by atoms with Gasteiger partial charge in [0, 0.05) is 31.3 Å². The molecule has 2 aromatic rings. The molecule has 6 nitrogen and oxygen atoms in total. The molecule has 1 aromatic carbocycles. The Morgan fingerprint density at radius 3 is 2.10 bits per heavy atom. The van der Waals surface area contributed by atoms with E-state index < -0.39 is 0 Å². The zero-order valence-electron chi connectivity index (χ0n) is 12.3. The highest BCUT2D eigenvalue weighted by molar-refractivity contribution is 7.98. The molecule has 0 aliphatic rings. The third kappa shape index (κ3) is 3.91. The highest BCUT2D eigenvalue weighted by Gasteiger charge is 2.08. The number of anilines is 1. The van der Waals surface area contributed by atoms with Gasteiger partial charge < -0.3 is 19.5 Å². The van der Waals surface area contributed by atoms with Crippen LogP contribution < -0.4 is 19.5 Å². The van der Waals surface area contributed by atoms with Crippen LogP contribution in [0.4, 0.5) is 5.82 Å². The number of rotatable bonds is 6. The standard InChI is InChI=1S/C14H17N3O3S/c1-15-12-8-13(17-14(16-12)21-4)20-11-6-9(18-2)5-10(7-11)19-3/h5-8H,1-4H3,(H,15,16,17). The molecule has 7 heteroatoms. The van der Waals surface area contributed by atoms with E-state index in [1.807, 2.05) is 6.26 Å². The van der Waals surface area contributed by atoms with E-state index in [1.54, 1.807) is 45.5 Å². The van der Waals surface area contributed by atoms with Gasteiger partial charge in [0.05, 0.1) is 14.2 Å². The lowest BCUT2D eigenvalue weighted by molar-refractivity contribution is 0.384. The Morgan fingerprint density at radius 1 is 0.952 bits per heavy atom. The summed E-state index contributed by atoms with van der Waals surface area (Å²) in [4.78, 5) is 8.60. The first-order valence-corrected chi connectivity index (χ1v) is 7.42. The number of aromatic nitrogens is 2. The molecule has 0 aliphatic carbocycles. The van der Waals surface area contributed by atoms with Gasteiger partial charge in [-0.05, 0) is 6.26 Å². The molecule has 0 aliphatic heterocycles. The van der Waals surface area contributed by atoms with Crippen LogP contribution in [0, 0.1) is 0 Å². The van der Waals surface area contributed by atoms with Crippen molar-refractivity contribution in [2.24, 2.45) is 0 Å². The minimum absolute atomic E-state index is 0.453. The SMILES string of the molecule is CNc1cc(Oc2cc(OC)cc(OC)c2)nc(SC)n1. The van der Waals surface area contributed by atoms with E-state index in [9.17, 15) is 0 Å². The third-order valence-corrected chi connectivity index (χ3v) is 3.22. The number of nitrogens with one attached hydrogen (secondary N) is 1. The number of benzene rings is 1. The van der Waals surface area contributed by atoms with E-state index in [4.69, 9.17) is 14.2 Å². The van der Waals surface area contributed by atoms with E-state index in [-0.39, 0.29) is 0 Å². The van der Waals surface area contributed by atoms with Gasteiger partial charge in [0.25, 0.3) is 0 Å². The summed E-state index contributed by atoms with van der Waals surface area (Å²) >= 11 is 1.45. The second-order valence-corrected chi connectivity index (χ2v) is 4.75. The maximum atomic E-state index is 5.78. The van der Waals surface area contributed by atoms with Crippen LogP contribution in [0.3, 0.4) is 0 Å². The molecule has 1 aromatic heterocycles. The molecule has 0 unspecified atom stereocenters. The molecular weight excluding hydrogens is 290 g/mol. The summed E-state index contributed by atoms with van der Waals surface area (Å²) in [5.74, 6) is 3.03. The van der Waals surface area contributed by atoms with Crippen LogP contribution in [0.2, 0.25) is 0 Å². The zero-order chi connectivity index (χ0) is 15.2. The predicted octanol–water partition coefficient (Wildman–Crippen LogP) is 3.05. The number of ether oxygens (including phenoxy) is 3. The Balaban J connectivity index is 2.32. The van der Waals surface area contributed by atoms with E-state index in [2.05, 4.69) is 15.3 Å². The fourth-order valence-corrected chi connectivity index (χ4v) is 2.01. The van der Waals surface area contributed by atoms with E-state index in [1.165, 1.54) is 11.8 Å². The molecule has 0 fully saturated rings. The molecule has 0 bridgehead atoms. The van der Waals surface area contributed by atoms with E-state index in [0.29, 0.717) is 34.1 Å². The largest absolute Gasteiger partial charge is 0.496 e. The Morgan fingerprint density at radius 2 is 1.57 bits per heavy atom. The number of thioether (sulfide) groups is 1. The molecule has 2 rings (SSSR count). The van der Waals surface area contributed by atoms with Gasteiger partial charge in [0.2, 0.25) is 5.88 Å². The highest BCUT2D eigenvalue weighted by Crippen LogP contribution is 2.31. The van der Waals surface area contributed by atoms with Crippen molar-refractivity contribution in [3.8, 4) is 23.1 Å². The number of hydrogen-bond donors (Lipinski definition) is 1.